The summed E-state index contributed by atoms with van der Waals surface area (Å²) >= 11 is 1.69. The second-order valence-corrected chi connectivity index (χ2v) is 4.73. The van der Waals surface area contributed by atoms with Crippen molar-refractivity contribution in [3.63, 3.8) is 0 Å². The van der Waals surface area contributed by atoms with Crippen molar-refractivity contribution in [2.45, 2.75) is 32.2 Å². The summed E-state index contributed by atoms with van der Waals surface area (Å²) in [7, 11) is 0. The SMILES string of the molecule is CCC[C@H](N)c1nc(Cc2cccs2)no1. The molecule has 0 saturated carbocycles. The largest absolute Gasteiger partial charge is 0.338 e. The summed E-state index contributed by atoms with van der Waals surface area (Å²) in [4.78, 5) is 5.54. The van der Waals surface area contributed by atoms with E-state index in [0.717, 1.165) is 19.3 Å². The maximum Gasteiger partial charge on any atom is 0.243 e. The maximum absolute atomic E-state index is 5.90. The van der Waals surface area contributed by atoms with Crippen molar-refractivity contribution < 1.29 is 4.52 Å². The van der Waals surface area contributed by atoms with Crippen LogP contribution in [0.15, 0.2) is 22.0 Å². The molecule has 0 amide bonds. The van der Waals surface area contributed by atoms with Crippen molar-refractivity contribution in [1.29, 1.82) is 0 Å². The Bertz CT molecular complexity index is 424. The molecular formula is C11H15N3OS. The molecule has 2 rings (SSSR count). The molecule has 0 radical (unpaired) electrons. The maximum atomic E-state index is 5.90. The Morgan fingerprint density at radius 3 is 3.12 bits per heavy atom. The fourth-order valence-electron chi connectivity index (χ4n) is 1.49. The molecule has 0 fully saturated rings. The summed E-state index contributed by atoms with van der Waals surface area (Å²) in [6.07, 6.45) is 2.62. The molecule has 5 heteroatoms. The van der Waals surface area contributed by atoms with Gasteiger partial charge in [-0.25, -0.2) is 0 Å². The van der Waals surface area contributed by atoms with Crippen molar-refractivity contribution in [2.24, 2.45) is 5.73 Å². The van der Waals surface area contributed by atoms with Gasteiger partial charge in [0.2, 0.25) is 5.89 Å². The molecule has 16 heavy (non-hydrogen) atoms. The van der Waals surface area contributed by atoms with Crippen LogP contribution < -0.4 is 5.73 Å². The average Bonchev–Trinajstić information content (AvgIpc) is 2.90. The number of rotatable bonds is 5. The van der Waals surface area contributed by atoms with E-state index in [9.17, 15) is 0 Å². The van der Waals surface area contributed by atoms with Crippen molar-refractivity contribution in [3.05, 3.63) is 34.1 Å². The van der Waals surface area contributed by atoms with Crippen molar-refractivity contribution in [1.82, 2.24) is 10.1 Å². The first-order valence-electron chi connectivity index (χ1n) is 5.40. The fraction of sp³-hybridized carbons (Fsp3) is 0.455. The Labute approximate surface area is 98.5 Å². The Morgan fingerprint density at radius 1 is 1.56 bits per heavy atom. The van der Waals surface area contributed by atoms with Crippen molar-refractivity contribution in [2.75, 3.05) is 0 Å². The third-order valence-corrected chi connectivity index (χ3v) is 3.19. The lowest BCUT2D eigenvalue weighted by atomic mass is 10.2. The average molecular weight is 237 g/mol. The molecule has 0 unspecified atom stereocenters. The van der Waals surface area contributed by atoms with Gasteiger partial charge in [-0.05, 0) is 17.9 Å². The molecule has 0 aliphatic carbocycles. The quantitative estimate of drug-likeness (QED) is 0.867. The Balaban J connectivity index is 2.02. The number of thiophene rings is 1. The minimum Gasteiger partial charge on any atom is -0.338 e. The minimum atomic E-state index is -0.130. The molecule has 0 spiro atoms. The highest BCUT2D eigenvalue weighted by Gasteiger charge is 2.14. The Kier molecular flexibility index (Phi) is 3.69. The third kappa shape index (κ3) is 2.68. The van der Waals surface area contributed by atoms with Gasteiger partial charge in [0, 0.05) is 11.3 Å². The van der Waals surface area contributed by atoms with Gasteiger partial charge in [0.15, 0.2) is 5.82 Å². The van der Waals surface area contributed by atoms with E-state index in [1.807, 2.05) is 11.4 Å². The Morgan fingerprint density at radius 2 is 2.44 bits per heavy atom. The molecule has 86 valence electrons. The molecule has 2 heterocycles. The second kappa shape index (κ2) is 5.23. The molecule has 2 aromatic heterocycles. The van der Waals surface area contributed by atoms with Gasteiger partial charge in [-0.2, -0.15) is 4.98 Å². The molecule has 0 saturated heterocycles. The number of aromatic nitrogens is 2. The standard InChI is InChI=1S/C11H15N3OS/c1-2-4-9(12)11-13-10(14-15-11)7-8-5-3-6-16-8/h3,5-6,9H,2,4,7,12H2,1H3/t9-/m0/s1. The highest BCUT2D eigenvalue weighted by Crippen LogP contribution is 2.16. The predicted molar refractivity (Wildman–Crippen MR) is 63.3 cm³/mol. The zero-order valence-electron chi connectivity index (χ0n) is 9.22. The third-order valence-electron chi connectivity index (χ3n) is 2.31. The van der Waals surface area contributed by atoms with Crippen LogP contribution in [0.5, 0.6) is 0 Å². The number of nitrogens with zero attached hydrogens (tertiary/aromatic N) is 2. The van der Waals surface area contributed by atoms with Crippen molar-refractivity contribution in [3.8, 4) is 0 Å². The molecular weight excluding hydrogens is 222 g/mol. The van der Waals surface area contributed by atoms with Gasteiger partial charge in [0.1, 0.15) is 0 Å². The van der Waals surface area contributed by atoms with E-state index in [1.165, 1.54) is 4.88 Å². The smallest absolute Gasteiger partial charge is 0.243 e. The fourth-order valence-corrected chi connectivity index (χ4v) is 2.19. The van der Waals surface area contributed by atoms with Crippen LogP contribution in [0.25, 0.3) is 0 Å². The molecule has 0 aromatic carbocycles. The second-order valence-electron chi connectivity index (χ2n) is 3.70. The molecule has 1 atom stereocenters. The lowest BCUT2D eigenvalue weighted by Crippen LogP contribution is -2.10. The van der Waals surface area contributed by atoms with Crippen LogP contribution in [0.3, 0.4) is 0 Å². The minimum absolute atomic E-state index is 0.130. The number of nitrogens with two attached hydrogens (primary N) is 1. The van der Waals surface area contributed by atoms with Gasteiger partial charge >= 0.3 is 0 Å². The van der Waals surface area contributed by atoms with E-state index in [4.69, 9.17) is 10.3 Å². The highest BCUT2D eigenvalue weighted by molar-refractivity contribution is 7.09. The highest BCUT2D eigenvalue weighted by atomic mass is 32.1. The molecule has 2 aromatic rings. The summed E-state index contributed by atoms with van der Waals surface area (Å²) in [5.41, 5.74) is 5.90. The van der Waals surface area contributed by atoms with Gasteiger partial charge in [0.25, 0.3) is 0 Å². The van der Waals surface area contributed by atoms with Crippen molar-refractivity contribution >= 4 is 11.3 Å². The lowest BCUT2D eigenvalue weighted by Gasteiger charge is -2.01. The normalized spacial score (nSPS) is 12.9. The van der Waals surface area contributed by atoms with Crippen LogP contribution in [0.2, 0.25) is 0 Å². The van der Waals surface area contributed by atoms with Crippen LogP contribution in [-0.2, 0) is 6.42 Å². The van der Waals surface area contributed by atoms with Gasteiger partial charge in [-0.15, -0.1) is 11.3 Å². The van der Waals surface area contributed by atoms with Crippen LogP contribution in [0, 0.1) is 0 Å². The van der Waals surface area contributed by atoms with Gasteiger partial charge in [-0.1, -0.05) is 24.6 Å². The van der Waals surface area contributed by atoms with E-state index in [2.05, 4.69) is 23.1 Å². The van der Waals surface area contributed by atoms with Crippen LogP contribution in [-0.4, -0.2) is 10.1 Å². The van der Waals surface area contributed by atoms with E-state index < -0.39 is 0 Å². The first kappa shape index (κ1) is 11.3. The van der Waals surface area contributed by atoms with Gasteiger partial charge < -0.3 is 10.3 Å². The predicted octanol–water partition coefficient (Wildman–Crippen LogP) is 2.52. The molecule has 0 bridgehead atoms. The van der Waals surface area contributed by atoms with E-state index >= 15 is 0 Å². The molecule has 4 nitrogen and oxygen atoms in total. The topological polar surface area (TPSA) is 64.9 Å². The Hall–Kier alpha value is -1.20. The summed E-state index contributed by atoms with van der Waals surface area (Å²) in [5, 5.41) is 5.98. The zero-order chi connectivity index (χ0) is 11.4. The molecule has 0 aliphatic rings. The zero-order valence-corrected chi connectivity index (χ0v) is 10.0. The number of hydrogen-bond acceptors (Lipinski definition) is 5. The monoisotopic (exact) mass is 237 g/mol. The first-order chi connectivity index (χ1) is 7.79. The van der Waals surface area contributed by atoms with Gasteiger partial charge in [0.05, 0.1) is 6.04 Å². The lowest BCUT2D eigenvalue weighted by molar-refractivity contribution is 0.345. The van der Waals surface area contributed by atoms with Crippen LogP contribution in [0.4, 0.5) is 0 Å². The summed E-state index contributed by atoms with van der Waals surface area (Å²) in [5.74, 6) is 1.26. The van der Waals surface area contributed by atoms with Gasteiger partial charge in [-0.3, -0.25) is 0 Å². The van der Waals surface area contributed by atoms with Crippen LogP contribution in [0.1, 0.15) is 42.4 Å². The first-order valence-corrected chi connectivity index (χ1v) is 6.28. The van der Waals surface area contributed by atoms with Crippen LogP contribution >= 0.6 is 11.3 Å². The van der Waals surface area contributed by atoms with E-state index in [1.54, 1.807) is 11.3 Å². The summed E-state index contributed by atoms with van der Waals surface area (Å²) < 4.78 is 5.15. The summed E-state index contributed by atoms with van der Waals surface area (Å²) in [6.45, 7) is 2.09. The van der Waals surface area contributed by atoms with E-state index in [0.29, 0.717) is 11.7 Å². The molecule has 0 aliphatic heterocycles. The molecule has 2 N–H and O–H groups in total. The van der Waals surface area contributed by atoms with E-state index in [-0.39, 0.29) is 6.04 Å². The summed E-state index contributed by atoms with van der Waals surface area (Å²) in [6, 6.07) is 3.95. The number of hydrogen-bond donors (Lipinski definition) is 1.